The largest absolute Gasteiger partial charge is 0.338 e. The molecule has 30 heavy (non-hydrogen) atoms. The van der Waals surface area contributed by atoms with Crippen LogP contribution in [0.2, 0.25) is 0 Å². The number of carbonyl (C=O) groups excluding carboxylic acids is 1. The van der Waals surface area contributed by atoms with E-state index in [0.29, 0.717) is 11.7 Å². The molecule has 1 aliphatic heterocycles. The summed E-state index contributed by atoms with van der Waals surface area (Å²) in [6.07, 6.45) is 9.45. The number of fused-ring (bicyclic) bond motifs is 2. The van der Waals surface area contributed by atoms with E-state index in [4.69, 9.17) is 9.97 Å². The van der Waals surface area contributed by atoms with Crippen molar-refractivity contribution in [3.63, 3.8) is 0 Å². The molecule has 0 atom stereocenters. The molecule has 0 bridgehead atoms. The van der Waals surface area contributed by atoms with Gasteiger partial charge in [0, 0.05) is 54.8 Å². The van der Waals surface area contributed by atoms with E-state index in [1.165, 1.54) is 17.8 Å². The monoisotopic (exact) mass is 418 g/mol. The molecule has 5 heterocycles. The highest BCUT2D eigenvalue weighted by atomic mass is 32.1. The summed E-state index contributed by atoms with van der Waals surface area (Å²) >= 11 is 1.50. The van der Waals surface area contributed by atoms with Crippen LogP contribution in [0.15, 0.2) is 24.5 Å². The zero-order valence-electron chi connectivity index (χ0n) is 16.8. The van der Waals surface area contributed by atoms with Crippen LogP contribution >= 0.6 is 11.3 Å². The van der Waals surface area contributed by atoms with Gasteiger partial charge in [-0.1, -0.05) is 0 Å². The summed E-state index contributed by atoms with van der Waals surface area (Å²) in [5.74, 6) is 1.29. The number of amides is 1. The molecule has 1 saturated carbocycles. The van der Waals surface area contributed by atoms with Crippen molar-refractivity contribution in [3.8, 4) is 11.4 Å². The highest BCUT2D eigenvalue weighted by Crippen LogP contribution is 2.44. The molecule has 0 aromatic carbocycles. The van der Waals surface area contributed by atoms with Gasteiger partial charge in [0.15, 0.2) is 11.5 Å². The van der Waals surface area contributed by atoms with Gasteiger partial charge in [-0.15, -0.1) is 11.3 Å². The number of pyridine rings is 1. The standard InChI is InChI=1S/C22H22N6OS/c1-27-12-15-9-14(11-23-19(15)26-27)20-24-18(13-5-6-13)16-10-17(30-21(16)25-20)22(29)28-7-3-2-4-8-28/h9-13H,2-8H2,1H3. The van der Waals surface area contributed by atoms with Crippen LogP contribution in [-0.2, 0) is 7.05 Å². The van der Waals surface area contributed by atoms with Crippen LogP contribution in [0, 0.1) is 0 Å². The first-order valence-corrected chi connectivity index (χ1v) is 11.4. The first-order valence-electron chi connectivity index (χ1n) is 10.6. The van der Waals surface area contributed by atoms with E-state index in [0.717, 1.165) is 76.2 Å². The molecule has 6 rings (SSSR count). The van der Waals surface area contributed by atoms with Crippen LogP contribution in [0.3, 0.4) is 0 Å². The van der Waals surface area contributed by atoms with Crippen LogP contribution in [-0.4, -0.2) is 48.6 Å². The number of nitrogens with zero attached hydrogens (tertiary/aromatic N) is 6. The Hall–Kier alpha value is -2.87. The number of thiophene rings is 1. The maximum Gasteiger partial charge on any atom is 0.264 e. The maximum absolute atomic E-state index is 13.0. The van der Waals surface area contributed by atoms with Gasteiger partial charge in [-0.2, -0.15) is 5.10 Å². The summed E-state index contributed by atoms with van der Waals surface area (Å²) in [4.78, 5) is 31.0. The fourth-order valence-corrected chi connectivity index (χ4v) is 5.26. The quantitative estimate of drug-likeness (QED) is 0.500. The predicted molar refractivity (Wildman–Crippen MR) is 117 cm³/mol. The van der Waals surface area contributed by atoms with Gasteiger partial charge >= 0.3 is 0 Å². The number of carbonyl (C=O) groups is 1. The molecule has 1 aliphatic carbocycles. The second kappa shape index (κ2) is 6.84. The topological polar surface area (TPSA) is 76.8 Å². The van der Waals surface area contributed by atoms with Gasteiger partial charge in [0.2, 0.25) is 0 Å². The Morgan fingerprint density at radius 1 is 1.13 bits per heavy atom. The zero-order valence-corrected chi connectivity index (χ0v) is 17.7. The summed E-state index contributed by atoms with van der Waals surface area (Å²) in [5.41, 5.74) is 2.68. The van der Waals surface area contributed by atoms with E-state index in [1.54, 1.807) is 10.9 Å². The number of hydrogen-bond donors (Lipinski definition) is 0. The molecule has 0 spiro atoms. The number of piperidine rings is 1. The Bertz CT molecular complexity index is 1280. The molecule has 1 saturated heterocycles. The van der Waals surface area contributed by atoms with E-state index in [-0.39, 0.29) is 5.91 Å². The summed E-state index contributed by atoms with van der Waals surface area (Å²) in [6, 6.07) is 4.07. The molecule has 2 fully saturated rings. The molecular formula is C22H22N6OS. The summed E-state index contributed by atoms with van der Waals surface area (Å²) < 4.78 is 1.76. The Balaban J connectivity index is 1.44. The smallest absolute Gasteiger partial charge is 0.264 e. The lowest BCUT2D eigenvalue weighted by atomic mass is 10.1. The Kier molecular flexibility index (Phi) is 4.09. The zero-order chi connectivity index (χ0) is 20.2. The summed E-state index contributed by atoms with van der Waals surface area (Å²) in [7, 11) is 1.89. The summed E-state index contributed by atoms with van der Waals surface area (Å²) in [5, 5.41) is 6.36. The van der Waals surface area contributed by atoms with E-state index >= 15 is 0 Å². The average molecular weight is 419 g/mol. The molecular weight excluding hydrogens is 396 g/mol. The first-order chi connectivity index (χ1) is 14.7. The third kappa shape index (κ3) is 3.06. The van der Waals surface area contributed by atoms with Gasteiger partial charge in [0.25, 0.3) is 5.91 Å². The second-order valence-corrected chi connectivity index (χ2v) is 9.36. The van der Waals surface area contributed by atoms with Crippen molar-refractivity contribution in [2.45, 2.75) is 38.0 Å². The number of rotatable bonds is 3. The molecule has 4 aromatic heterocycles. The van der Waals surface area contributed by atoms with Gasteiger partial charge in [0.1, 0.15) is 4.83 Å². The molecule has 8 heteroatoms. The predicted octanol–water partition coefficient (Wildman–Crippen LogP) is 4.14. The van der Waals surface area contributed by atoms with E-state index < -0.39 is 0 Å². The van der Waals surface area contributed by atoms with Gasteiger partial charge in [0.05, 0.1) is 10.6 Å². The Morgan fingerprint density at radius 2 is 1.97 bits per heavy atom. The van der Waals surface area contributed by atoms with Crippen molar-refractivity contribution >= 4 is 38.5 Å². The molecule has 4 aromatic rings. The normalized spacial score (nSPS) is 17.2. The molecule has 0 radical (unpaired) electrons. The van der Waals surface area contributed by atoms with Gasteiger partial charge in [-0.3, -0.25) is 9.48 Å². The minimum absolute atomic E-state index is 0.138. The number of likely N-dealkylation sites (tertiary alicyclic amines) is 1. The number of hydrogen-bond acceptors (Lipinski definition) is 6. The van der Waals surface area contributed by atoms with Gasteiger partial charge in [-0.25, -0.2) is 15.0 Å². The average Bonchev–Trinajstić information content (AvgIpc) is 3.41. The lowest BCUT2D eigenvalue weighted by Crippen LogP contribution is -2.35. The minimum Gasteiger partial charge on any atom is -0.338 e. The number of aromatic nitrogens is 5. The fourth-order valence-electron chi connectivity index (χ4n) is 4.25. The number of aryl methyl sites for hydroxylation is 1. The highest BCUT2D eigenvalue weighted by molar-refractivity contribution is 7.20. The highest BCUT2D eigenvalue weighted by Gasteiger charge is 2.30. The van der Waals surface area contributed by atoms with Crippen LogP contribution in [0.25, 0.3) is 32.6 Å². The Labute approximate surface area is 177 Å². The molecule has 7 nitrogen and oxygen atoms in total. The third-order valence-corrected chi connectivity index (χ3v) is 6.99. The lowest BCUT2D eigenvalue weighted by molar-refractivity contribution is 0.0729. The van der Waals surface area contributed by atoms with Crippen molar-refractivity contribution in [2.75, 3.05) is 13.1 Å². The van der Waals surface area contributed by atoms with Crippen molar-refractivity contribution in [2.24, 2.45) is 7.05 Å². The van der Waals surface area contributed by atoms with Crippen molar-refractivity contribution in [3.05, 3.63) is 35.1 Å². The van der Waals surface area contributed by atoms with Crippen molar-refractivity contribution in [1.29, 1.82) is 0 Å². The fraction of sp³-hybridized carbons (Fsp3) is 0.409. The van der Waals surface area contributed by atoms with Crippen molar-refractivity contribution < 1.29 is 4.79 Å². The molecule has 0 N–H and O–H groups in total. The molecule has 1 amide bonds. The SMILES string of the molecule is Cn1cc2cc(-c3nc(C4CC4)c4cc(C(=O)N5CCCCC5)sc4n3)cnc2n1. The second-order valence-electron chi connectivity index (χ2n) is 8.33. The Morgan fingerprint density at radius 3 is 2.77 bits per heavy atom. The van der Waals surface area contributed by atoms with Crippen molar-refractivity contribution in [1.82, 2.24) is 29.6 Å². The molecule has 0 unspecified atom stereocenters. The minimum atomic E-state index is 0.138. The van der Waals surface area contributed by atoms with Crippen LogP contribution in [0.5, 0.6) is 0 Å². The third-order valence-electron chi connectivity index (χ3n) is 5.97. The lowest BCUT2D eigenvalue weighted by Gasteiger charge is -2.26. The molecule has 2 aliphatic rings. The summed E-state index contributed by atoms with van der Waals surface area (Å²) in [6.45, 7) is 1.71. The van der Waals surface area contributed by atoms with Crippen LogP contribution in [0.4, 0.5) is 0 Å². The molecule has 152 valence electrons. The first kappa shape index (κ1) is 17.9. The van der Waals surface area contributed by atoms with E-state index in [1.807, 2.05) is 30.3 Å². The van der Waals surface area contributed by atoms with Gasteiger partial charge < -0.3 is 4.90 Å². The van der Waals surface area contributed by atoms with Crippen LogP contribution < -0.4 is 0 Å². The maximum atomic E-state index is 13.0. The van der Waals surface area contributed by atoms with Crippen LogP contribution in [0.1, 0.15) is 53.4 Å². The van der Waals surface area contributed by atoms with E-state index in [2.05, 4.69) is 10.1 Å². The van der Waals surface area contributed by atoms with E-state index in [9.17, 15) is 4.79 Å². The van der Waals surface area contributed by atoms with Gasteiger partial charge in [-0.05, 0) is 44.2 Å².